The number of ether oxygens (including phenoxy) is 1. The highest BCUT2D eigenvalue weighted by Crippen LogP contribution is 2.34. The number of carbonyl (C=O) groups is 1. The van der Waals surface area contributed by atoms with Gasteiger partial charge in [-0.2, -0.15) is 5.26 Å². The van der Waals surface area contributed by atoms with Crippen LogP contribution in [0.3, 0.4) is 0 Å². The Morgan fingerprint density at radius 3 is 2.55 bits per heavy atom. The van der Waals surface area contributed by atoms with Gasteiger partial charge in [-0.15, -0.1) is 0 Å². The lowest BCUT2D eigenvalue weighted by Crippen LogP contribution is -2.31. The van der Waals surface area contributed by atoms with Gasteiger partial charge in [-0.1, -0.05) is 30.3 Å². The summed E-state index contributed by atoms with van der Waals surface area (Å²) >= 11 is 0. The normalized spacial score (nSPS) is 15.3. The van der Waals surface area contributed by atoms with Crippen LogP contribution >= 0.6 is 0 Å². The van der Waals surface area contributed by atoms with Crippen molar-refractivity contribution < 1.29 is 17.9 Å². The van der Waals surface area contributed by atoms with Gasteiger partial charge in [0.1, 0.15) is 0 Å². The van der Waals surface area contributed by atoms with Crippen molar-refractivity contribution in [3.8, 4) is 6.07 Å². The second-order valence-electron chi connectivity index (χ2n) is 7.46. The van der Waals surface area contributed by atoms with Gasteiger partial charge >= 0.3 is 5.97 Å². The smallest absolute Gasteiger partial charge is 0.343 e. The van der Waals surface area contributed by atoms with E-state index in [4.69, 9.17) is 4.74 Å². The van der Waals surface area contributed by atoms with Crippen molar-refractivity contribution in [2.24, 2.45) is 0 Å². The number of hydrogen-bond donors (Lipinski definition) is 0. The van der Waals surface area contributed by atoms with Crippen molar-refractivity contribution in [1.29, 1.82) is 5.26 Å². The van der Waals surface area contributed by atoms with Gasteiger partial charge in [0.25, 0.3) is 10.0 Å². The average Bonchev–Trinajstić information content (AvgIpc) is 3.13. The second kappa shape index (κ2) is 7.89. The summed E-state index contributed by atoms with van der Waals surface area (Å²) in [6.45, 7) is 3.97. The summed E-state index contributed by atoms with van der Waals surface area (Å²) in [5.74, 6) is -0.489. The second-order valence-corrected chi connectivity index (χ2v) is 9.32. The third-order valence-electron chi connectivity index (χ3n) is 5.48. The molecule has 1 heterocycles. The largest absolute Gasteiger partial charge is 0.431 e. The van der Waals surface area contributed by atoms with Crippen LogP contribution < -0.4 is 0 Å². The maximum Gasteiger partial charge on any atom is 0.343 e. The van der Waals surface area contributed by atoms with Crippen molar-refractivity contribution in [3.63, 3.8) is 0 Å². The van der Waals surface area contributed by atoms with Crippen LogP contribution in [0.1, 0.15) is 28.7 Å². The van der Waals surface area contributed by atoms with Gasteiger partial charge in [0.2, 0.25) is 0 Å². The number of fused-ring (bicyclic) bond motifs is 1. The number of hydrogen-bond acceptors (Lipinski definition) is 5. The lowest BCUT2D eigenvalue weighted by atomic mass is 9.98. The van der Waals surface area contributed by atoms with Crippen molar-refractivity contribution in [2.75, 3.05) is 0 Å². The number of allylic oxidation sites excluding steroid dienone is 2. The minimum absolute atomic E-state index is 0.0208. The van der Waals surface area contributed by atoms with Gasteiger partial charge in [-0.25, -0.2) is 13.2 Å². The van der Waals surface area contributed by atoms with E-state index in [1.54, 1.807) is 24.3 Å². The van der Waals surface area contributed by atoms with Crippen LogP contribution in [-0.4, -0.2) is 18.7 Å². The quantitative estimate of drug-likeness (QED) is 0.666. The fourth-order valence-corrected chi connectivity index (χ4v) is 5.18. The Hall–Kier alpha value is -3.63. The molecule has 0 N–H and O–H groups in total. The van der Waals surface area contributed by atoms with Crippen LogP contribution in [0, 0.1) is 25.2 Å². The first kappa shape index (κ1) is 20.6. The van der Waals surface area contributed by atoms with E-state index in [1.807, 2.05) is 38.1 Å². The lowest BCUT2D eigenvalue weighted by molar-refractivity contribution is -0.132. The highest BCUT2D eigenvalue weighted by atomic mass is 32.2. The van der Waals surface area contributed by atoms with Gasteiger partial charge < -0.3 is 4.74 Å². The molecule has 1 aliphatic heterocycles. The maximum absolute atomic E-state index is 13.7. The number of nitrogens with zero attached hydrogens (tertiary/aromatic N) is 2. The molecule has 2 aliphatic rings. The van der Waals surface area contributed by atoms with Gasteiger partial charge in [0.05, 0.1) is 34.9 Å². The Labute approximate surface area is 181 Å². The molecule has 1 aliphatic carbocycles. The molecule has 0 fully saturated rings. The number of cyclic esters (lactones) is 1. The van der Waals surface area contributed by atoms with E-state index < -0.39 is 16.0 Å². The number of sulfonamides is 1. The molecule has 156 valence electrons. The summed E-state index contributed by atoms with van der Waals surface area (Å²) in [6, 6.07) is 13.7. The number of carbonyl (C=O) groups excluding carboxylic acids is 1. The van der Waals surface area contributed by atoms with E-state index in [-0.39, 0.29) is 17.0 Å². The van der Waals surface area contributed by atoms with Crippen LogP contribution in [0.25, 0.3) is 0 Å². The minimum Gasteiger partial charge on any atom is -0.431 e. The third-order valence-corrected chi connectivity index (χ3v) is 7.25. The van der Waals surface area contributed by atoms with Crippen molar-refractivity contribution in [1.82, 2.24) is 4.31 Å². The van der Waals surface area contributed by atoms with Crippen LogP contribution in [0.2, 0.25) is 0 Å². The fraction of sp³-hybridized carbons (Fsp3) is 0.167. The summed E-state index contributed by atoms with van der Waals surface area (Å²) < 4.78 is 33.7. The molecule has 0 unspecified atom stereocenters. The molecule has 0 bridgehead atoms. The number of aryl methyl sites for hydroxylation is 2. The van der Waals surface area contributed by atoms with E-state index in [2.05, 4.69) is 0 Å². The first-order valence-corrected chi connectivity index (χ1v) is 11.2. The maximum atomic E-state index is 13.7. The van der Waals surface area contributed by atoms with Gasteiger partial charge in [-0.3, -0.25) is 4.31 Å². The first-order chi connectivity index (χ1) is 14.8. The van der Waals surface area contributed by atoms with Crippen LogP contribution in [0.5, 0.6) is 0 Å². The van der Waals surface area contributed by atoms with E-state index in [9.17, 15) is 18.5 Å². The molecule has 2 aromatic rings. The zero-order valence-corrected chi connectivity index (χ0v) is 17.9. The SMILES string of the molecule is Cc1cccc(C)c1CN(C1=CCC2=COC(=O)C2=C1)S(=O)(=O)c1cccc(C#N)c1. The highest BCUT2D eigenvalue weighted by Gasteiger charge is 2.32. The molecule has 0 amide bonds. The Morgan fingerprint density at radius 2 is 1.84 bits per heavy atom. The topological polar surface area (TPSA) is 87.5 Å². The molecule has 31 heavy (non-hydrogen) atoms. The number of nitriles is 1. The fourth-order valence-electron chi connectivity index (χ4n) is 3.70. The van der Waals surface area contributed by atoms with Crippen LogP contribution in [0.4, 0.5) is 0 Å². The summed E-state index contributed by atoms with van der Waals surface area (Å²) in [5.41, 5.74) is 4.57. The Bertz CT molecular complexity index is 1310. The molecule has 0 radical (unpaired) electrons. The molecule has 7 heteroatoms. The van der Waals surface area contributed by atoms with Crippen molar-refractivity contribution in [2.45, 2.75) is 31.7 Å². The average molecular weight is 433 g/mol. The summed E-state index contributed by atoms with van der Waals surface area (Å²) in [6.07, 6.45) is 5.13. The molecule has 0 saturated heterocycles. The lowest BCUT2D eigenvalue weighted by Gasteiger charge is -2.28. The zero-order valence-electron chi connectivity index (χ0n) is 17.1. The molecule has 6 nitrogen and oxygen atoms in total. The van der Waals surface area contributed by atoms with Crippen LogP contribution in [0.15, 0.2) is 82.6 Å². The molecular weight excluding hydrogens is 412 g/mol. The van der Waals surface area contributed by atoms with Crippen LogP contribution in [-0.2, 0) is 26.1 Å². The number of esters is 1. The van der Waals surface area contributed by atoms with E-state index in [0.717, 1.165) is 22.3 Å². The Balaban J connectivity index is 1.84. The molecule has 0 aromatic heterocycles. The third kappa shape index (κ3) is 3.78. The molecule has 0 spiro atoms. The minimum atomic E-state index is -4.01. The predicted molar refractivity (Wildman–Crippen MR) is 115 cm³/mol. The molecule has 0 atom stereocenters. The van der Waals surface area contributed by atoms with Crippen molar-refractivity contribution in [3.05, 3.63) is 100.0 Å². The van der Waals surface area contributed by atoms with Crippen molar-refractivity contribution >= 4 is 16.0 Å². The number of rotatable bonds is 5. The predicted octanol–water partition coefficient (Wildman–Crippen LogP) is 4.02. The Kier molecular flexibility index (Phi) is 5.25. The van der Waals surface area contributed by atoms with E-state index in [0.29, 0.717) is 17.7 Å². The molecule has 4 rings (SSSR count). The number of benzene rings is 2. The van der Waals surface area contributed by atoms with E-state index in [1.165, 1.54) is 22.7 Å². The monoisotopic (exact) mass is 432 g/mol. The Morgan fingerprint density at radius 1 is 1.13 bits per heavy atom. The standard InChI is InChI=1S/C24H20N2O4S/c1-16-5-3-6-17(2)23(16)14-26(20-10-9-19-15-30-24(27)22(19)12-20)31(28,29)21-8-4-7-18(11-21)13-25/h3-8,10-12,15H,9,14H2,1-2H3. The van der Waals surface area contributed by atoms with Gasteiger partial charge in [0.15, 0.2) is 0 Å². The zero-order chi connectivity index (χ0) is 22.2. The molecule has 0 saturated carbocycles. The molecule has 2 aromatic carbocycles. The van der Waals surface area contributed by atoms with Gasteiger partial charge in [-0.05, 0) is 61.2 Å². The highest BCUT2D eigenvalue weighted by molar-refractivity contribution is 7.89. The summed E-state index contributed by atoms with van der Waals surface area (Å²) in [4.78, 5) is 12.1. The summed E-state index contributed by atoms with van der Waals surface area (Å²) in [5, 5.41) is 9.22. The van der Waals surface area contributed by atoms with E-state index >= 15 is 0 Å². The summed E-state index contributed by atoms with van der Waals surface area (Å²) in [7, 11) is -4.01. The van der Waals surface area contributed by atoms with Gasteiger partial charge in [0, 0.05) is 11.3 Å². The first-order valence-electron chi connectivity index (χ1n) is 9.71. The molecular formula is C24H20N2O4S.